The van der Waals surface area contributed by atoms with Crippen LogP contribution in [0.1, 0.15) is 17.5 Å². The van der Waals surface area contributed by atoms with Crippen molar-refractivity contribution in [3.05, 3.63) is 88.4 Å². The number of nitrogens with zero attached hydrogens (tertiary/aromatic N) is 2. The van der Waals surface area contributed by atoms with Crippen LogP contribution in [0.5, 0.6) is 17.2 Å². The number of hydrogen-bond donors (Lipinski definition) is 3. The van der Waals surface area contributed by atoms with E-state index in [0.29, 0.717) is 44.5 Å². The molecule has 0 aliphatic carbocycles. The second-order valence-corrected chi connectivity index (χ2v) is 10.7. The van der Waals surface area contributed by atoms with E-state index in [1.807, 2.05) is 48.5 Å². The number of benzene rings is 3. The minimum absolute atomic E-state index is 0.342. The highest BCUT2D eigenvalue weighted by Crippen LogP contribution is 2.40. The summed E-state index contributed by atoms with van der Waals surface area (Å²) < 4.78 is 27.3. The fourth-order valence-electron chi connectivity index (χ4n) is 3.08. The Balaban J connectivity index is 1.43. The molecular weight excluding hydrogens is 525 g/mol. The molecule has 36 heavy (non-hydrogen) atoms. The summed E-state index contributed by atoms with van der Waals surface area (Å²) in [7, 11) is -4.66. The third kappa shape index (κ3) is 7.11. The molecule has 0 aliphatic rings. The molecule has 0 bridgehead atoms. The Bertz CT molecular complexity index is 1380. The lowest BCUT2D eigenvalue weighted by atomic mass is 10.1. The number of nitrogens with two attached hydrogens (primary N) is 1. The van der Waals surface area contributed by atoms with Crippen LogP contribution in [0.15, 0.2) is 72.8 Å². The Morgan fingerprint density at radius 3 is 2.44 bits per heavy atom. The molecule has 0 saturated heterocycles. The first-order valence-corrected chi connectivity index (χ1v) is 13.4. The van der Waals surface area contributed by atoms with E-state index in [1.165, 1.54) is 0 Å². The monoisotopic (exact) mass is 547 g/mol. The van der Waals surface area contributed by atoms with Crippen LogP contribution in [0.3, 0.4) is 0 Å². The van der Waals surface area contributed by atoms with Gasteiger partial charge in [-0.3, -0.25) is 4.52 Å². The van der Waals surface area contributed by atoms with Crippen LogP contribution in [-0.4, -0.2) is 26.6 Å². The highest BCUT2D eigenvalue weighted by Gasteiger charge is 2.30. The average molecular weight is 548 g/mol. The summed E-state index contributed by atoms with van der Waals surface area (Å²) in [5.41, 5.74) is 6.55. The molecule has 0 unspecified atom stereocenters. The molecule has 12 heteroatoms. The number of halogens is 1. The molecule has 188 valence electrons. The molecule has 9 nitrogen and oxygen atoms in total. The fourth-order valence-corrected chi connectivity index (χ4v) is 4.76. The van der Waals surface area contributed by atoms with Crippen molar-refractivity contribution >= 4 is 30.8 Å². The summed E-state index contributed by atoms with van der Waals surface area (Å²) in [6.07, 6.45) is 0. The van der Waals surface area contributed by atoms with E-state index in [4.69, 9.17) is 36.6 Å². The zero-order chi connectivity index (χ0) is 25.8. The maximum atomic E-state index is 11.0. The van der Waals surface area contributed by atoms with Gasteiger partial charge in [0.05, 0.1) is 17.2 Å². The van der Waals surface area contributed by atoms with Crippen molar-refractivity contribution in [3.63, 3.8) is 0 Å². The minimum atomic E-state index is -4.66. The third-order valence-corrected chi connectivity index (χ3v) is 6.92. The Morgan fingerprint density at radius 1 is 1.00 bits per heavy atom. The van der Waals surface area contributed by atoms with Gasteiger partial charge in [0, 0.05) is 17.7 Å². The molecule has 4 N–H and O–H groups in total. The molecule has 0 saturated carbocycles. The van der Waals surface area contributed by atoms with Crippen molar-refractivity contribution in [1.82, 2.24) is 10.2 Å². The molecule has 1 heterocycles. The zero-order valence-corrected chi connectivity index (χ0v) is 21.5. The maximum absolute atomic E-state index is 11.0. The number of hydrogen-bond acceptors (Lipinski definition) is 8. The highest BCUT2D eigenvalue weighted by molar-refractivity contribution is 7.46. The second kappa shape index (κ2) is 11.1. The van der Waals surface area contributed by atoms with Crippen LogP contribution in [0, 0.1) is 0 Å². The molecule has 0 spiro atoms. The van der Waals surface area contributed by atoms with Crippen molar-refractivity contribution in [3.8, 4) is 27.8 Å². The van der Waals surface area contributed by atoms with E-state index in [0.717, 1.165) is 16.9 Å². The Kier molecular flexibility index (Phi) is 8.07. The van der Waals surface area contributed by atoms with Crippen molar-refractivity contribution < 1.29 is 28.3 Å². The predicted molar refractivity (Wildman–Crippen MR) is 137 cm³/mol. The summed E-state index contributed by atoms with van der Waals surface area (Å²) >= 11 is 7.65. The van der Waals surface area contributed by atoms with Gasteiger partial charge in [-0.25, -0.2) is 4.57 Å². The van der Waals surface area contributed by atoms with Crippen molar-refractivity contribution in [2.45, 2.75) is 19.1 Å². The van der Waals surface area contributed by atoms with Crippen LogP contribution in [-0.2, 0) is 21.2 Å². The molecule has 1 atom stereocenters. The summed E-state index contributed by atoms with van der Waals surface area (Å²) in [6.45, 7) is 1.56. The summed E-state index contributed by atoms with van der Waals surface area (Å²) in [6, 6.07) is 22.3. The average Bonchev–Trinajstić information content (AvgIpc) is 3.33. The lowest BCUT2D eigenvalue weighted by Crippen LogP contribution is -2.37. The van der Waals surface area contributed by atoms with Gasteiger partial charge >= 0.3 is 7.82 Å². The quantitative estimate of drug-likeness (QED) is 0.219. The number of phosphoric ester groups is 1. The predicted octanol–water partition coefficient (Wildman–Crippen LogP) is 5.51. The van der Waals surface area contributed by atoms with Crippen molar-refractivity contribution in [1.29, 1.82) is 0 Å². The summed E-state index contributed by atoms with van der Waals surface area (Å²) in [4.78, 5) is 17.9. The summed E-state index contributed by atoms with van der Waals surface area (Å²) in [5, 5.41) is 9.40. The fraction of sp³-hybridized carbons (Fsp3) is 0.167. The molecule has 0 fully saturated rings. The molecule has 4 rings (SSSR count). The van der Waals surface area contributed by atoms with Gasteiger partial charge in [-0.1, -0.05) is 59.3 Å². The van der Waals surface area contributed by atoms with Gasteiger partial charge in [-0.2, -0.15) is 0 Å². The lowest BCUT2D eigenvalue weighted by molar-refractivity contribution is 0.158. The normalized spacial score (nSPS) is 13.2. The van der Waals surface area contributed by atoms with E-state index in [-0.39, 0.29) is 0 Å². The van der Waals surface area contributed by atoms with Gasteiger partial charge in [0.15, 0.2) is 0 Å². The molecule has 0 aliphatic heterocycles. The van der Waals surface area contributed by atoms with Gasteiger partial charge in [-0.05, 0) is 36.8 Å². The van der Waals surface area contributed by atoms with Crippen molar-refractivity contribution in [2.24, 2.45) is 5.73 Å². The van der Waals surface area contributed by atoms with E-state index < -0.39 is 20.0 Å². The van der Waals surface area contributed by atoms with Gasteiger partial charge in [0.25, 0.3) is 0 Å². The Labute approximate surface area is 216 Å². The largest absolute Gasteiger partial charge is 0.489 e. The molecule has 0 amide bonds. The van der Waals surface area contributed by atoms with E-state index in [1.54, 1.807) is 31.2 Å². The molecule has 4 aromatic rings. The SMILES string of the molecule is C[C@](N)(COP(=O)(O)O)c1nnc(-c2ccc(Oc3cccc(OCc4ccccc4)c3)cc2Cl)s1. The van der Waals surface area contributed by atoms with Crippen LogP contribution in [0.2, 0.25) is 5.02 Å². The number of phosphoric acid groups is 1. The molecule has 1 aromatic heterocycles. The standard InChI is InChI=1S/C24H23ClN3O6PS/c1-24(26,15-33-35(29,30)31)23-28-27-22(36-23)20-11-10-19(13-21(20)25)34-18-9-5-8-17(12-18)32-14-16-6-3-2-4-7-16/h2-13H,14-15,26H2,1H3,(H2,29,30,31)/t24-/m0/s1. The third-order valence-electron chi connectivity index (χ3n) is 4.91. The van der Waals surface area contributed by atoms with Gasteiger partial charge in [-0.15, -0.1) is 10.2 Å². The van der Waals surface area contributed by atoms with E-state index in [2.05, 4.69) is 14.7 Å². The highest BCUT2D eigenvalue weighted by atomic mass is 35.5. The molecule has 0 radical (unpaired) electrons. The van der Waals surface area contributed by atoms with Crippen LogP contribution < -0.4 is 15.2 Å². The second-order valence-electron chi connectivity index (χ2n) is 8.09. The smallest absolute Gasteiger partial charge is 0.469 e. The Hall–Kier alpha value is -2.82. The van der Waals surface area contributed by atoms with Crippen LogP contribution >= 0.6 is 30.8 Å². The van der Waals surface area contributed by atoms with Gasteiger partial charge in [0.1, 0.15) is 33.9 Å². The van der Waals surface area contributed by atoms with Crippen LogP contribution in [0.25, 0.3) is 10.6 Å². The number of ether oxygens (including phenoxy) is 2. The maximum Gasteiger partial charge on any atom is 0.469 e. The Morgan fingerprint density at radius 2 is 1.72 bits per heavy atom. The van der Waals surface area contributed by atoms with Crippen LogP contribution in [0.4, 0.5) is 0 Å². The minimum Gasteiger partial charge on any atom is -0.489 e. The first-order chi connectivity index (χ1) is 17.1. The van der Waals surface area contributed by atoms with E-state index in [9.17, 15) is 4.57 Å². The first kappa shape index (κ1) is 26.2. The lowest BCUT2D eigenvalue weighted by Gasteiger charge is -2.21. The van der Waals surface area contributed by atoms with Gasteiger partial charge < -0.3 is 25.0 Å². The zero-order valence-electron chi connectivity index (χ0n) is 19.1. The summed E-state index contributed by atoms with van der Waals surface area (Å²) in [5.74, 6) is 1.78. The number of aromatic nitrogens is 2. The topological polar surface area (TPSA) is 137 Å². The van der Waals surface area contributed by atoms with Gasteiger partial charge in [0.2, 0.25) is 0 Å². The van der Waals surface area contributed by atoms with Crippen molar-refractivity contribution in [2.75, 3.05) is 6.61 Å². The van der Waals surface area contributed by atoms with E-state index >= 15 is 0 Å². The number of rotatable bonds is 10. The molecular formula is C24H23ClN3O6PS. The first-order valence-electron chi connectivity index (χ1n) is 10.7. The molecule has 3 aromatic carbocycles.